The van der Waals surface area contributed by atoms with Gasteiger partial charge in [0.05, 0.1) is 14.9 Å². The van der Waals surface area contributed by atoms with Gasteiger partial charge in [-0.3, -0.25) is 9.59 Å². The van der Waals surface area contributed by atoms with E-state index >= 15 is 0 Å². The van der Waals surface area contributed by atoms with Crippen LogP contribution in [-0.4, -0.2) is 18.4 Å². The van der Waals surface area contributed by atoms with Crippen molar-refractivity contribution in [3.05, 3.63) is 50.6 Å². The van der Waals surface area contributed by atoms with Gasteiger partial charge < -0.3 is 10.1 Å². The van der Waals surface area contributed by atoms with Gasteiger partial charge in [0.1, 0.15) is 5.75 Å². The fourth-order valence-corrected chi connectivity index (χ4v) is 2.58. The summed E-state index contributed by atoms with van der Waals surface area (Å²) in [6, 6.07) is 8.19. The van der Waals surface area contributed by atoms with Crippen LogP contribution in [0.4, 0.5) is 0 Å². The molecule has 0 aliphatic carbocycles. The van der Waals surface area contributed by atoms with Crippen molar-refractivity contribution in [1.82, 2.24) is 5.32 Å². The molecule has 0 saturated carbocycles. The van der Waals surface area contributed by atoms with E-state index in [9.17, 15) is 9.59 Å². The lowest BCUT2D eigenvalue weighted by Crippen LogP contribution is -2.24. The number of nitrogens with one attached hydrogen (secondary N) is 1. The Morgan fingerprint density at radius 3 is 2.68 bits per heavy atom. The lowest BCUT2D eigenvalue weighted by Gasteiger charge is -2.06. The van der Waals surface area contributed by atoms with Crippen LogP contribution >= 0.6 is 34.5 Å². The van der Waals surface area contributed by atoms with Crippen LogP contribution in [0.2, 0.25) is 10.0 Å². The molecule has 0 saturated heterocycles. The SMILES string of the molecule is O=C(CCCNC(=O)c1cccs1)Oc1ccc(Cl)c(Cl)c1. The van der Waals surface area contributed by atoms with Gasteiger partial charge in [-0.2, -0.15) is 0 Å². The maximum atomic E-state index is 11.7. The van der Waals surface area contributed by atoms with Crippen molar-refractivity contribution >= 4 is 46.4 Å². The minimum atomic E-state index is -0.385. The summed E-state index contributed by atoms with van der Waals surface area (Å²) in [5, 5.41) is 5.31. The highest BCUT2D eigenvalue weighted by atomic mass is 35.5. The molecule has 0 radical (unpaired) electrons. The summed E-state index contributed by atoms with van der Waals surface area (Å²) in [4.78, 5) is 24.0. The van der Waals surface area contributed by atoms with E-state index in [-0.39, 0.29) is 18.3 Å². The summed E-state index contributed by atoms with van der Waals surface area (Å²) in [6.45, 7) is 0.410. The maximum absolute atomic E-state index is 11.7. The first-order valence-electron chi connectivity index (χ1n) is 6.53. The summed E-state index contributed by atoms with van der Waals surface area (Å²) < 4.78 is 5.14. The third-order valence-corrected chi connectivity index (χ3v) is 4.32. The predicted octanol–water partition coefficient (Wildman–Crippen LogP) is 4.17. The Hall–Kier alpha value is -1.56. The number of amides is 1. The molecular weight excluding hydrogens is 345 g/mol. The van der Waals surface area contributed by atoms with E-state index in [1.54, 1.807) is 18.2 Å². The molecule has 1 aromatic carbocycles. The fraction of sp³-hybridized carbons (Fsp3) is 0.200. The molecule has 0 aliphatic heterocycles. The molecule has 22 heavy (non-hydrogen) atoms. The summed E-state index contributed by atoms with van der Waals surface area (Å²) >= 11 is 13.0. The van der Waals surface area contributed by atoms with E-state index in [1.807, 2.05) is 11.4 Å². The van der Waals surface area contributed by atoms with Crippen molar-refractivity contribution in [3.8, 4) is 5.75 Å². The number of hydrogen-bond acceptors (Lipinski definition) is 4. The fourth-order valence-electron chi connectivity index (χ4n) is 1.65. The zero-order chi connectivity index (χ0) is 15.9. The van der Waals surface area contributed by atoms with E-state index in [1.165, 1.54) is 17.4 Å². The summed E-state index contributed by atoms with van der Waals surface area (Å²) in [5.74, 6) is -0.168. The van der Waals surface area contributed by atoms with Gasteiger partial charge in [0, 0.05) is 19.0 Å². The highest BCUT2D eigenvalue weighted by Crippen LogP contribution is 2.26. The van der Waals surface area contributed by atoms with E-state index < -0.39 is 0 Å². The van der Waals surface area contributed by atoms with E-state index in [0.29, 0.717) is 33.6 Å². The number of halogens is 2. The quantitative estimate of drug-likeness (QED) is 0.479. The minimum absolute atomic E-state index is 0.132. The van der Waals surface area contributed by atoms with Crippen LogP contribution in [0, 0.1) is 0 Å². The van der Waals surface area contributed by atoms with Gasteiger partial charge in [0.2, 0.25) is 0 Å². The first-order chi connectivity index (χ1) is 10.6. The minimum Gasteiger partial charge on any atom is -0.426 e. The molecule has 1 aromatic heterocycles. The number of carbonyl (C=O) groups excluding carboxylic acids is 2. The van der Waals surface area contributed by atoms with Crippen molar-refractivity contribution in [1.29, 1.82) is 0 Å². The smallest absolute Gasteiger partial charge is 0.311 e. The van der Waals surface area contributed by atoms with Crippen LogP contribution in [0.25, 0.3) is 0 Å². The molecule has 116 valence electrons. The second kappa shape index (κ2) is 8.17. The Kier molecular flexibility index (Phi) is 6.24. The number of esters is 1. The molecule has 2 aromatic rings. The summed E-state index contributed by atoms with van der Waals surface area (Å²) in [7, 11) is 0. The maximum Gasteiger partial charge on any atom is 0.311 e. The molecule has 0 aliphatic rings. The second-order valence-corrected chi connectivity index (χ2v) is 6.15. The number of carbonyl (C=O) groups is 2. The van der Waals surface area contributed by atoms with E-state index in [0.717, 1.165) is 0 Å². The van der Waals surface area contributed by atoms with Gasteiger partial charge in [-0.25, -0.2) is 0 Å². The Labute approximate surface area is 142 Å². The van der Waals surface area contributed by atoms with Gasteiger partial charge in [0.15, 0.2) is 0 Å². The van der Waals surface area contributed by atoms with Crippen molar-refractivity contribution in [2.24, 2.45) is 0 Å². The molecule has 1 N–H and O–H groups in total. The largest absolute Gasteiger partial charge is 0.426 e. The molecule has 4 nitrogen and oxygen atoms in total. The van der Waals surface area contributed by atoms with Gasteiger partial charge in [-0.1, -0.05) is 29.3 Å². The van der Waals surface area contributed by atoms with Gasteiger partial charge in [-0.05, 0) is 30.0 Å². The van der Waals surface area contributed by atoms with Crippen LogP contribution in [0.5, 0.6) is 5.75 Å². The van der Waals surface area contributed by atoms with E-state index in [4.69, 9.17) is 27.9 Å². The standard InChI is InChI=1S/C15H13Cl2NO3S/c16-11-6-5-10(9-12(11)17)21-14(19)4-1-7-18-15(20)13-3-2-8-22-13/h2-3,5-6,8-9H,1,4,7H2,(H,18,20). The second-order valence-electron chi connectivity index (χ2n) is 4.39. The molecule has 0 unspecified atom stereocenters. The highest BCUT2D eigenvalue weighted by molar-refractivity contribution is 7.12. The predicted molar refractivity (Wildman–Crippen MR) is 88.0 cm³/mol. The summed E-state index contributed by atoms with van der Waals surface area (Å²) in [5.41, 5.74) is 0. The molecular formula is C15H13Cl2NO3S. The Morgan fingerprint density at radius 2 is 2.00 bits per heavy atom. The molecule has 0 fully saturated rings. The lowest BCUT2D eigenvalue weighted by molar-refractivity contribution is -0.134. The van der Waals surface area contributed by atoms with Crippen molar-refractivity contribution in [2.75, 3.05) is 6.54 Å². The Bertz CT molecular complexity index is 659. The molecule has 0 atom stereocenters. The van der Waals surface area contributed by atoms with Crippen molar-refractivity contribution < 1.29 is 14.3 Å². The molecule has 1 amide bonds. The third kappa shape index (κ3) is 5.02. The van der Waals surface area contributed by atoms with Gasteiger partial charge >= 0.3 is 5.97 Å². The molecule has 2 rings (SSSR count). The zero-order valence-electron chi connectivity index (χ0n) is 11.5. The van der Waals surface area contributed by atoms with Crippen LogP contribution in [0.15, 0.2) is 35.7 Å². The van der Waals surface area contributed by atoms with E-state index in [2.05, 4.69) is 5.32 Å². The Morgan fingerprint density at radius 1 is 1.18 bits per heavy atom. The zero-order valence-corrected chi connectivity index (χ0v) is 13.8. The topological polar surface area (TPSA) is 55.4 Å². The van der Waals surface area contributed by atoms with Crippen molar-refractivity contribution in [2.45, 2.75) is 12.8 Å². The Balaban J connectivity index is 1.69. The molecule has 0 spiro atoms. The number of hydrogen-bond donors (Lipinski definition) is 1. The number of ether oxygens (including phenoxy) is 1. The molecule has 1 heterocycles. The first-order valence-corrected chi connectivity index (χ1v) is 8.17. The molecule has 7 heteroatoms. The average molecular weight is 358 g/mol. The first kappa shape index (κ1) is 16.8. The summed E-state index contributed by atoms with van der Waals surface area (Å²) in [6.07, 6.45) is 0.697. The lowest BCUT2D eigenvalue weighted by atomic mass is 10.3. The van der Waals surface area contributed by atoms with Crippen molar-refractivity contribution in [3.63, 3.8) is 0 Å². The van der Waals surface area contributed by atoms with Crippen LogP contribution in [0.3, 0.4) is 0 Å². The van der Waals surface area contributed by atoms with Crippen LogP contribution in [0.1, 0.15) is 22.5 Å². The third-order valence-electron chi connectivity index (χ3n) is 2.71. The highest BCUT2D eigenvalue weighted by Gasteiger charge is 2.08. The van der Waals surface area contributed by atoms with Crippen LogP contribution < -0.4 is 10.1 Å². The van der Waals surface area contributed by atoms with Gasteiger partial charge in [-0.15, -0.1) is 11.3 Å². The molecule has 0 bridgehead atoms. The average Bonchev–Trinajstić information content (AvgIpc) is 3.01. The van der Waals surface area contributed by atoms with Crippen LogP contribution in [-0.2, 0) is 4.79 Å². The monoisotopic (exact) mass is 357 g/mol. The normalized spacial score (nSPS) is 10.3. The number of benzene rings is 1. The van der Waals surface area contributed by atoms with Gasteiger partial charge in [0.25, 0.3) is 5.91 Å². The number of thiophene rings is 1. The number of rotatable bonds is 6.